The van der Waals surface area contributed by atoms with E-state index in [1.807, 2.05) is 0 Å². The summed E-state index contributed by atoms with van der Waals surface area (Å²) in [5, 5.41) is 2.48. The van der Waals surface area contributed by atoms with Crippen molar-refractivity contribution in [3.63, 3.8) is 0 Å². The minimum absolute atomic E-state index is 0.170. The maximum atomic E-state index is 2.58. The summed E-state index contributed by atoms with van der Waals surface area (Å²) in [4.78, 5) is 0. The summed E-state index contributed by atoms with van der Waals surface area (Å²) in [6.45, 7) is -0.170. The minimum Gasteiger partial charge on any atom is -0.310 e. The van der Waals surface area contributed by atoms with Gasteiger partial charge in [-0.15, -0.1) is 0 Å². The summed E-state index contributed by atoms with van der Waals surface area (Å²) in [6.07, 6.45) is 0. The molecule has 0 spiro atoms. The van der Waals surface area contributed by atoms with Gasteiger partial charge in [0, 0.05) is 22.0 Å². The van der Waals surface area contributed by atoms with Gasteiger partial charge in [0.25, 0.3) is 0 Å². The minimum atomic E-state index is -0.170. The summed E-state index contributed by atoms with van der Waals surface area (Å²) in [5.74, 6) is 0. The van der Waals surface area contributed by atoms with Gasteiger partial charge in [0.15, 0.2) is 0 Å². The molecule has 0 N–H and O–H groups in total. The fraction of sp³-hybridized carbons (Fsp3) is 0. The Morgan fingerprint density at radius 1 is 0.230 bits per heavy atom. The van der Waals surface area contributed by atoms with E-state index in [9.17, 15) is 0 Å². The maximum absolute atomic E-state index is 2.58. The Morgan fingerprint density at radius 3 is 1.04 bits per heavy atom. The Morgan fingerprint density at radius 2 is 0.554 bits per heavy atom. The molecule has 13 aromatic rings. The number of fused-ring (bicyclic) bond motifs is 5. The van der Waals surface area contributed by atoms with Crippen molar-refractivity contribution in [3.05, 3.63) is 291 Å². The molecule has 0 amide bonds. The van der Waals surface area contributed by atoms with E-state index < -0.39 is 0 Å². The standard InChI is InChI=1S/C72H48BN/c1-7-19-49(20-8-1)53-31-35-55(36-32-53)59-39-41-69-65(43-59)66-46-62(56-37-33-54(34-38-56)50-21-9-2-10-22-50)48-68-72(66)74(69)70-42-40-60(51-23-11-3-12-24-51)47-67(70)73(68)71-63(57-27-15-5-16-28-57)44-61(52-25-13-4-14-26-52)45-64(71)58-29-17-6-18-30-58/h1-48H. The van der Waals surface area contributed by atoms with E-state index in [1.165, 1.54) is 133 Å². The molecular weight excluding hydrogens is 890 g/mol. The van der Waals surface area contributed by atoms with Crippen molar-refractivity contribution >= 4 is 44.9 Å². The van der Waals surface area contributed by atoms with Gasteiger partial charge >= 0.3 is 0 Å². The average molecular weight is 938 g/mol. The van der Waals surface area contributed by atoms with E-state index in [2.05, 4.69) is 296 Å². The van der Waals surface area contributed by atoms with Crippen LogP contribution in [0, 0.1) is 0 Å². The second-order valence-corrected chi connectivity index (χ2v) is 19.6. The number of benzene rings is 12. The van der Waals surface area contributed by atoms with E-state index in [0.717, 1.165) is 0 Å². The molecule has 0 bridgehead atoms. The molecule has 0 atom stereocenters. The Labute approximate surface area is 433 Å². The molecule has 0 saturated carbocycles. The molecule has 1 aromatic heterocycles. The van der Waals surface area contributed by atoms with Crippen molar-refractivity contribution < 1.29 is 0 Å². The first-order valence-corrected chi connectivity index (χ1v) is 25.7. The molecule has 1 nitrogen and oxygen atoms in total. The Balaban J connectivity index is 1.09. The Kier molecular flexibility index (Phi) is 10.7. The summed E-state index contributed by atoms with van der Waals surface area (Å²) >= 11 is 0. The Hall–Kier alpha value is -9.50. The van der Waals surface area contributed by atoms with E-state index in [4.69, 9.17) is 0 Å². The van der Waals surface area contributed by atoms with Crippen LogP contribution in [0.5, 0.6) is 0 Å². The second-order valence-electron chi connectivity index (χ2n) is 19.6. The van der Waals surface area contributed by atoms with Crippen molar-refractivity contribution in [2.75, 3.05) is 0 Å². The highest BCUT2D eigenvalue weighted by Crippen LogP contribution is 2.41. The monoisotopic (exact) mass is 937 g/mol. The van der Waals surface area contributed by atoms with Crippen LogP contribution in [0.15, 0.2) is 291 Å². The molecule has 2 heteroatoms. The molecule has 2 heterocycles. The zero-order valence-corrected chi connectivity index (χ0v) is 40.7. The second kappa shape index (κ2) is 18.3. The number of aromatic nitrogens is 1. The molecule has 1 aliphatic heterocycles. The van der Waals surface area contributed by atoms with Crippen LogP contribution in [0.2, 0.25) is 0 Å². The van der Waals surface area contributed by atoms with Gasteiger partial charge < -0.3 is 4.57 Å². The van der Waals surface area contributed by atoms with E-state index in [1.54, 1.807) is 0 Å². The largest absolute Gasteiger partial charge is 0.310 e. The molecule has 344 valence electrons. The van der Waals surface area contributed by atoms with Crippen LogP contribution in [0.25, 0.3) is 117 Å². The van der Waals surface area contributed by atoms with E-state index in [-0.39, 0.29) is 6.71 Å². The van der Waals surface area contributed by atoms with Gasteiger partial charge in [-0.05, 0) is 136 Å². The highest BCUT2D eigenvalue weighted by Gasteiger charge is 2.38. The quantitative estimate of drug-likeness (QED) is 0.127. The van der Waals surface area contributed by atoms with Gasteiger partial charge in [0.05, 0.1) is 5.52 Å². The third kappa shape index (κ3) is 7.59. The molecule has 12 aromatic carbocycles. The van der Waals surface area contributed by atoms with Gasteiger partial charge in [0.2, 0.25) is 6.71 Å². The van der Waals surface area contributed by atoms with E-state index in [0.29, 0.717) is 0 Å². The molecule has 0 unspecified atom stereocenters. The van der Waals surface area contributed by atoms with Crippen LogP contribution in [0.4, 0.5) is 0 Å². The van der Waals surface area contributed by atoms with Crippen LogP contribution in [0.3, 0.4) is 0 Å². The number of rotatable bonds is 9. The fourth-order valence-corrected chi connectivity index (χ4v) is 11.7. The predicted octanol–water partition coefficient (Wildman–Crippen LogP) is 16.9. The van der Waals surface area contributed by atoms with Gasteiger partial charge in [-0.2, -0.15) is 0 Å². The van der Waals surface area contributed by atoms with Crippen LogP contribution >= 0.6 is 0 Å². The summed E-state index contributed by atoms with van der Waals surface area (Å²) in [6, 6.07) is 108. The van der Waals surface area contributed by atoms with Gasteiger partial charge in [-0.3, -0.25) is 0 Å². The van der Waals surface area contributed by atoms with Crippen molar-refractivity contribution in [2.24, 2.45) is 0 Å². The summed E-state index contributed by atoms with van der Waals surface area (Å²) in [7, 11) is 0. The van der Waals surface area contributed by atoms with E-state index >= 15 is 0 Å². The number of hydrogen-bond donors (Lipinski definition) is 0. The van der Waals surface area contributed by atoms with Crippen molar-refractivity contribution in [3.8, 4) is 94.7 Å². The SMILES string of the molecule is c1ccc(-c2ccc(-c3ccc4c(c3)c3cc(-c5ccc(-c6ccccc6)cc5)cc5c3n4-c3ccc(-c4ccccc4)cc3B5c3c(-c4ccccc4)cc(-c4ccccc4)cc3-c3ccccc3)cc2)cc1. The first-order chi connectivity index (χ1) is 36.7. The normalized spacial score (nSPS) is 11.8. The molecule has 0 radical (unpaired) electrons. The molecule has 0 aliphatic carbocycles. The van der Waals surface area contributed by atoms with Crippen molar-refractivity contribution in [2.45, 2.75) is 0 Å². The van der Waals surface area contributed by atoms with Gasteiger partial charge in [-0.1, -0.05) is 260 Å². The lowest BCUT2D eigenvalue weighted by atomic mass is 9.33. The van der Waals surface area contributed by atoms with Crippen LogP contribution < -0.4 is 16.4 Å². The predicted molar refractivity (Wildman–Crippen MR) is 315 cm³/mol. The molecule has 14 rings (SSSR count). The van der Waals surface area contributed by atoms with Crippen LogP contribution in [0.1, 0.15) is 0 Å². The third-order valence-electron chi connectivity index (χ3n) is 15.3. The van der Waals surface area contributed by atoms with Crippen LogP contribution in [-0.4, -0.2) is 11.3 Å². The zero-order valence-electron chi connectivity index (χ0n) is 40.7. The molecule has 74 heavy (non-hydrogen) atoms. The lowest BCUT2D eigenvalue weighted by Crippen LogP contribution is -2.57. The van der Waals surface area contributed by atoms with Gasteiger partial charge in [-0.25, -0.2) is 0 Å². The summed E-state index contributed by atoms with van der Waals surface area (Å²) < 4.78 is 2.58. The highest BCUT2D eigenvalue weighted by molar-refractivity contribution is 6.99. The third-order valence-corrected chi connectivity index (χ3v) is 15.3. The molecule has 0 fully saturated rings. The van der Waals surface area contributed by atoms with Crippen molar-refractivity contribution in [1.29, 1.82) is 0 Å². The van der Waals surface area contributed by atoms with Crippen molar-refractivity contribution in [1.82, 2.24) is 4.57 Å². The smallest absolute Gasteiger partial charge is 0.248 e. The number of hydrogen-bond acceptors (Lipinski definition) is 0. The number of nitrogens with zero attached hydrogens (tertiary/aromatic N) is 1. The first kappa shape index (κ1) is 43.3. The first-order valence-electron chi connectivity index (χ1n) is 25.7. The lowest BCUT2D eigenvalue weighted by Gasteiger charge is -2.31. The molecular formula is C72H48BN. The molecule has 0 saturated heterocycles. The van der Waals surface area contributed by atoms with Crippen LogP contribution in [-0.2, 0) is 0 Å². The lowest BCUT2D eigenvalue weighted by molar-refractivity contribution is 1.19. The zero-order chi connectivity index (χ0) is 49.0. The Bertz CT molecular complexity index is 4110. The average Bonchev–Trinajstić information content (AvgIpc) is 3.84. The highest BCUT2D eigenvalue weighted by atomic mass is 15.0. The summed E-state index contributed by atoms with van der Waals surface area (Å²) in [5.41, 5.74) is 26.7. The topological polar surface area (TPSA) is 4.93 Å². The fourth-order valence-electron chi connectivity index (χ4n) is 11.7. The maximum Gasteiger partial charge on any atom is 0.248 e. The molecule has 1 aliphatic rings. The van der Waals surface area contributed by atoms with Gasteiger partial charge in [0.1, 0.15) is 0 Å².